The average molecular weight is 207 g/mol. The molecule has 0 bridgehead atoms. The predicted molar refractivity (Wildman–Crippen MR) is 59.7 cm³/mol. The Morgan fingerprint density at radius 3 is 1.25 bits per heavy atom. The Kier molecular flexibility index (Phi) is 6.10. The normalized spacial score (nSPS) is 11.7. The van der Waals surface area contributed by atoms with Crippen LogP contribution < -0.4 is 0 Å². The molecule has 0 aliphatic rings. The highest BCUT2D eigenvalue weighted by Gasteiger charge is 2.13. The van der Waals surface area contributed by atoms with Gasteiger partial charge in [-0.2, -0.15) is 22.9 Å². The van der Waals surface area contributed by atoms with Crippen molar-refractivity contribution in [3.63, 3.8) is 0 Å². The number of hydrogen-bond acceptors (Lipinski definition) is 2. The smallest absolute Gasteiger partial charge is 0.331 e. The quantitative estimate of drug-likeness (QED) is 0.638. The van der Waals surface area contributed by atoms with Crippen LogP contribution >= 0.6 is 22.9 Å². The van der Waals surface area contributed by atoms with E-state index in [4.69, 9.17) is 22.9 Å². The molecule has 0 saturated carbocycles. The number of halogens is 2. The van der Waals surface area contributed by atoms with E-state index in [1.807, 2.05) is 49.8 Å². The Morgan fingerprint density at radius 1 is 0.833 bits per heavy atom. The minimum Gasteiger partial charge on any atom is -0.331 e. The van der Waals surface area contributed by atoms with E-state index in [0.717, 1.165) is 0 Å². The van der Waals surface area contributed by atoms with Crippen LogP contribution in [0.5, 0.6) is 0 Å². The molecule has 0 saturated heterocycles. The van der Waals surface area contributed by atoms with E-state index in [-0.39, 0.29) is 12.5 Å². The lowest BCUT2D eigenvalue weighted by atomic mass is 9.80. The summed E-state index contributed by atoms with van der Waals surface area (Å²) in [7, 11) is 7.67. The van der Waals surface area contributed by atoms with Crippen molar-refractivity contribution in [2.75, 3.05) is 28.2 Å². The topological polar surface area (TPSA) is 6.48 Å². The van der Waals surface area contributed by atoms with Gasteiger partial charge in [-0.05, 0) is 28.2 Å². The van der Waals surface area contributed by atoms with E-state index in [1.54, 1.807) is 0 Å². The first-order valence-electron chi connectivity index (χ1n) is 3.74. The zero-order chi connectivity index (χ0) is 9.72. The molecule has 0 fully saturated rings. The summed E-state index contributed by atoms with van der Waals surface area (Å²) in [5.74, 6) is 3.75. The van der Waals surface area contributed by atoms with Crippen LogP contribution in [0.15, 0.2) is 12.0 Å². The van der Waals surface area contributed by atoms with Crippen LogP contribution in [0.25, 0.3) is 0 Å². The van der Waals surface area contributed by atoms with Gasteiger partial charge in [0.1, 0.15) is 0 Å². The largest absolute Gasteiger partial charge is 0.355 e. The summed E-state index contributed by atoms with van der Waals surface area (Å²) in [6.45, 7) is 0. The van der Waals surface area contributed by atoms with Crippen LogP contribution in [0.3, 0.4) is 0 Å². The van der Waals surface area contributed by atoms with Gasteiger partial charge in [-0.15, -0.1) is 0 Å². The van der Waals surface area contributed by atoms with E-state index < -0.39 is 0 Å². The van der Waals surface area contributed by atoms with Crippen molar-refractivity contribution >= 4 is 35.4 Å². The van der Waals surface area contributed by atoms with E-state index >= 15 is 0 Å². The first-order chi connectivity index (χ1) is 5.45. The minimum absolute atomic E-state index is 0.0915. The lowest BCUT2D eigenvalue weighted by molar-refractivity contribution is 0.659. The highest BCUT2D eigenvalue weighted by atomic mass is 35.5. The third-order valence-corrected chi connectivity index (χ3v) is 2.49. The van der Waals surface area contributed by atoms with E-state index in [0.29, 0.717) is 0 Å². The summed E-state index contributed by atoms with van der Waals surface area (Å²) in [5.41, 5.74) is 0. The molecule has 68 valence electrons. The highest BCUT2D eigenvalue weighted by molar-refractivity contribution is 7.11. The van der Waals surface area contributed by atoms with Crippen LogP contribution in [-0.4, -0.2) is 50.3 Å². The maximum Gasteiger partial charge on any atom is 0.355 e. The van der Waals surface area contributed by atoms with Crippen molar-refractivity contribution in [3.8, 4) is 0 Å². The lowest BCUT2D eigenvalue weighted by Crippen LogP contribution is -2.29. The van der Waals surface area contributed by atoms with Gasteiger partial charge in [0.2, 0.25) is 0 Å². The van der Waals surface area contributed by atoms with Gasteiger partial charge in [0, 0.05) is 0 Å². The van der Waals surface area contributed by atoms with Crippen molar-refractivity contribution in [3.05, 3.63) is 12.0 Å². The number of nitrogens with zero attached hydrogens (tertiary/aromatic N) is 2. The second-order valence-corrected chi connectivity index (χ2v) is 3.95. The monoisotopic (exact) mass is 206 g/mol. The molecule has 0 rings (SSSR count). The molecule has 0 aromatic carbocycles. The van der Waals surface area contributed by atoms with Gasteiger partial charge in [-0.1, -0.05) is 12.0 Å². The lowest BCUT2D eigenvalue weighted by Gasteiger charge is -2.12. The van der Waals surface area contributed by atoms with Crippen molar-refractivity contribution < 1.29 is 0 Å². The Bertz CT molecular complexity index is 136. The summed E-state index contributed by atoms with van der Waals surface area (Å²) < 4.78 is 0. The molecule has 0 aromatic rings. The molecule has 12 heavy (non-hydrogen) atoms. The molecule has 2 nitrogen and oxygen atoms in total. The Morgan fingerprint density at radius 2 is 1.08 bits per heavy atom. The van der Waals surface area contributed by atoms with Crippen LogP contribution in [0.1, 0.15) is 0 Å². The minimum atomic E-state index is -0.0915. The maximum atomic E-state index is 5.93. The summed E-state index contributed by atoms with van der Waals surface area (Å²) in [6.07, 6.45) is -0.183. The predicted octanol–water partition coefficient (Wildman–Crippen LogP) is 1.20. The number of hydrogen-bond donors (Lipinski definition) is 0. The first kappa shape index (κ1) is 12.4. The molecular formula is C6H14B2Cl2N2. The second-order valence-electron chi connectivity index (χ2n) is 3.06. The zero-order valence-electron chi connectivity index (χ0n) is 7.96. The van der Waals surface area contributed by atoms with Crippen LogP contribution in [0, 0.1) is 0 Å². The van der Waals surface area contributed by atoms with Gasteiger partial charge >= 0.3 is 12.5 Å². The zero-order valence-corrected chi connectivity index (χ0v) is 9.47. The maximum absolute atomic E-state index is 5.93. The second kappa shape index (κ2) is 5.92. The van der Waals surface area contributed by atoms with E-state index in [1.165, 1.54) is 0 Å². The van der Waals surface area contributed by atoms with Crippen LogP contribution in [0.4, 0.5) is 0 Å². The SMILES string of the molecule is CN(C)B(Cl)/C=C\B(Cl)N(C)C. The Balaban J connectivity index is 3.89. The Hall–Kier alpha value is 0.370. The van der Waals surface area contributed by atoms with Gasteiger partial charge in [-0.3, -0.25) is 0 Å². The molecular weight excluding hydrogens is 193 g/mol. The summed E-state index contributed by atoms with van der Waals surface area (Å²) in [6, 6.07) is 0. The van der Waals surface area contributed by atoms with Crippen molar-refractivity contribution in [2.45, 2.75) is 0 Å². The molecule has 6 heteroatoms. The van der Waals surface area contributed by atoms with Gasteiger partial charge in [0.05, 0.1) is 0 Å². The van der Waals surface area contributed by atoms with Gasteiger partial charge < -0.3 is 9.62 Å². The number of rotatable bonds is 4. The summed E-state index contributed by atoms with van der Waals surface area (Å²) >= 11 is 11.9. The standard InChI is InChI=1S/C6H14B2Cl2N2/c1-11(2)7(9)5-6-8(10)12(3)4/h5-6H,1-4H3/b6-5-. The summed E-state index contributed by atoms with van der Waals surface area (Å²) in [5, 5.41) is 0. The molecule has 0 unspecified atom stereocenters. The molecule has 0 aliphatic carbocycles. The fraction of sp³-hybridized carbons (Fsp3) is 0.667. The van der Waals surface area contributed by atoms with Crippen molar-refractivity contribution in [1.29, 1.82) is 0 Å². The van der Waals surface area contributed by atoms with Crippen LogP contribution in [-0.2, 0) is 0 Å². The van der Waals surface area contributed by atoms with E-state index in [2.05, 4.69) is 0 Å². The molecule has 0 aromatic heterocycles. The third-order valence-electron chi connectivity index (χ3n) is 1.42. The Labute approximate surface area is 85.5 Å². The highest BCUT2D eigenvalue weighted by Crippen LogP contribution is 2.00. The third kappa shape index (κ3) is 5.09. The molecule has 0 radical (unpaired) electrons. The molecule has 0 N–H and O–H groups in total. The molecule has 0 heterocycles. The fourth-order valence-electron chi connectivity index (χ4n) is 0.528. The first-order valence-corrected chi connectivity index (χ1v) is 4.61. The molecule has 0 amide bonds. The molecule has 0 aliphatic heterocycles. The van der Waals surface area contributed by atoms with Gasteiger partial charge in [0.15, 0.2) is 0 Å². The van der Waals surface area contributed by atoms with Gasteiger partial charge in [0.25, 0.3) is 0 Å². The average Bonchev–Trinajstić information content (AvgIpc) is 1.98. The van der Waals surface area contributed by atoms with Crippen LogP contribution in [0.2, 0.25) is 0 Å². The van der Waals surface area contributed by atoms with Gasteiger partial charge in [-0.25, -0.2) is 0 Å². The van der Waals surface area contributed by atoms with Crippen molar-refractivity contribution in [1.82, 2.24) is 9.62 Å². The van der Waals surface area contributed by atoms with E-state index in [9.17, 15) is 0 Å². The van der Waals surface area contributed by atoms with Crippen molar-refractivity contribution in [2.24, 2.45) is 0 Å². The summed E-state index contributed by atoms with van der Waals surface area (Å²) in [4.78, 5) is 3.80. The molecule has 0 atom stereocenters. The molecule has 0 spiro atoms. The fourth-order valence-corrected chi connectivity index (χ4v) is 0.696.